The van der Waals surface area contributed by atoms with E-state index < -0.39 is 0 Å². The molecule has 0 bridgehead atoms. The number of piperazine rings is 1. The Morgan fingerprint density at radius 3 is 2.33 bits per heavy atom. The Hall–Kier alpha value is -3.96. The summed E-state index contributed by atoms with van der Waals surface area (Å²) in [5, 5.41) is 4.53. The summed E-state index contributed by atoms with van der Waals surface area (Å²) in [6, 6.07) is 8.59. The maximum absolute atomic E-state index is 12.0. The number of fused-ring (bicyclic) bond motifs is 1. The number of hydrogen-bond acceptors (Lipinski definition) is 9. The molecular formula is C32H42N10O. The number of hydrogen-bond donors (Lipinski definition) is 0. The van der Waals surface area contributed by atoms with Gasteiger partial charge in [0.15, 0.2) is 5.82 Å². The highest BCUT2D eigenvalue weighted by Gasteiger charge is 2.26. The summed E-state index contributed by atoms with van der Waals surface area (Å²) < 4.78 is 1.88. The fourth-order valence-corrected chi connectivity index (χ4v) is 6.22. The third kappa shape index (κ3) is 6.52. The van der Waals surface area contributed by atoms with Crippen LogP contribution < -0.4 is 4.90 Å². The van der Waals surface area contributed by atoms with E-state index in [1.165, 1.54) is 11.1 Å². The zero-order valence-electron chi connectivity index (χ0n) is 26.0. The summed E-state index contributed by atoms with van der Waals surface area (Å²) in [6.07, 6.45) is 6.02. The average molecular weight is 583 g/mol. The fraction of sp³-hybridized carbons (Fsp3) is 0.500. The predicted molar refractivity (Wildman–Crippen MR) is 167 cm³/mol. The molecule has 2 aliphatic rings. The highest BCUT2D eigenvalue weighted by molar-refractivity contribution is 5.77. The summed E-state index contributed by atoms with van der Waals surface area (Å²) in [5.41, 5.74) is 6.83. The SMILES string of the molecule is Cc1nc2nc(C)c(C[C@@H]3CCN(c4cnc(-c5ccc(CN6CCN(CC(=O)N(C)C)CC6)cc5)nc4)C3)c(C)n2n1. The first-order chi connectivity index (χ1) is 20.7. The molecule has 1 atom stereocenters. The first kappa shape index (κ1) is 29.1. The van der Waals surface area contributed by atoms with Crippen LogP contribution in [0.1, 0.15) is 34.8 Å². The minimum atomic E-state index is 0.166. The molecule has 5 heterocycles. The summed E-state index contributed by atoms with van der Waals surface area (Å²) in [6.45, 7) is 13.3. The highest BCUT2D eigenvalue weighted by Crippen LogP contribution is 2.28. The van der Waals surface area contributed by atoms with Gasteiger partial charge in [0.25, 0.3) is 5.78 Å². The van der Waals surface area contributed by atoms with Crippen molar-refractivity contribution in [3.05, 3.63) is 65.0 Å². The number of nitrogens with zero attached hydrogens (tertiary/aromatic N) is 10. The van der Waals surface area contributed by atoms with Gasteiger partial charge in [-0.05, 0) is 50.7 Å². The molecule has 0 N–H and O–H groups in total. The van der Waals surface area contributed by atoms with Crippen LogP contribution in [0.3, 0.4) is 0 Å². The second kappa shape index (κ2) is 12.3. The molecule has 11 heteroatoms. The molecule has 3 aromatic heterocycles. The highest BCUT2D eigenvalue weighted by atomic mass is 16.2. The number of benzene rings is 1. The molecule has 0 aliphatic carbocycles. The molecule has 6 rings (SSSR count). The monoisotopic (exact) mass is 582 g/mol. The predicted octanol–water partition coefficient (Wildman–Crippen LogP) is 2.78. The van der Waals surface area contributed by atoms with E-state index in [2.05, 4.69) is 62.9 Å². The average Bonchev–Trinajstić information content (AvgIpc) is 3.63. The second-order valence-corrected chi connectivity index (χ2v) is 12.2. The van der Waals surface area contributed by atoms with Gasteiger partial charge in [0, 0.05) is 76.9 Å². The van der Waals surface area contributed by atoms with Crippen molar-refractivity contribution in [3.63, 3.8) is 0 Å². The van der Waals surface area contributed by atoms with Crippen LogP contribution in [0.2, 0.25) is 0 Å². The Morgan fingerprint density at radius 2 is 1.63 bits per heavy atom. The molecule has 43 heavy (non-hydrogen) atoms. The lowest BCUT2D eigenvalue weighted by atomic mass is 9.96. The lowest BCUT2D eigenvalue weighted by Gasteiger charge is -2.34. The number of carbonyl (C=O) groups excluding carboxylic acids is 1. The zero-order chi connectivity index (χ0) is 30.1. The van der Waals surface area contributed by atoms with E-state index in [-0.39, 0.29) is 5.91 Å². The van der Waals surface area contributed by atoms with Gasteiger partial charge in [-0.25, -0.2) is 19.5 Å². The minimum absolute atomic E-state index is 0.166. The topological polar surface area (TPSA) is 98.9 Å². The molecule has 0 saturated carbocycles. The Balaban J connectivity index is 1.02. The molecule has 0 radical (unpaired) electrons. The summed E-state index contributed by atoms with van der Waals surface area (Å²) in [5.74, 6) is 2.88. The number of anilines is 1. The summed E-state index contributed by atoms with van der Waals surface area (Å²) >= 11 is 0. The van der Waals surface area contributed by atoms with Crippen LogP contribution in [0.4, 0.5) is 5.69 Å². The molecule has 2 saturated heterocycles. The number of carbonyl (C=O) groups is 1. The van der Waals surface area contributed by atoms with Gasteiger partial charge in [-0.1, -0.05) is 24.3 Å². The fourth-order valence-electron chi connectivity index (χ4n) is 6.22. The van der Waals surface area contributed by atoms with Gasteiger partial charge in [-0.3, -0.25) is 14.6 Å². The minimum Gasteiger partial charge on any atom is -0.369 e. The quantitative estimate of drug-likeness (QED) is 0.311. The molecule has 0 unspecified atom stereocenters. The maximum Gasteiger partial charge on any atom is 0.252 e. The van der Waals surface area contributed by atoms with Crippen LogP contribution in [0.5, 0.6) is 0 Å². The number of likely N-dealkylation sites (N-methyl/N-ethyl adjacent to an activating group) is 1. The van der Waals surface area contributed by atoms with Crippen molar-refractivity contribution in [2.45, 2.75) is 40.2 Å². The molecule has 1 amide bonds. The molecule has 0 spiro atoms. The van der Waals surface area contributed by atoms with Crippen molar-refractivity contribution < 1.29 is 4.79 Å². The summed E-state index contributed by atoms with van der Waals surface area (Å²) in [4.78, 5) is 39.3. The van der Waals surface area contributed by atoms with Gasteiger partial charge in [0.2, 0.25) is 5.91 Å². The van der Waals surface area contributed by atoms with Crippen LogP contribution >= 0.6 is 0 Å². The van der Waals surface area contributed by atoms with Gasteiger partial charge in [-0.15, -0.1) is 0 Å². The van der Waals surface area contributed by atoms with Crippen molar-refractivity contribution in [2.75, 3.05) is 64.8 Å². The number of aromatic nitrogens is 6. The Bertz CT molecular complexity index is 1570. The van der Waals surface area contributed by atoms with E-state index in [4.69, 9.17) is 15.0 Å². The third-order valence-corrected chi connectivity index (χ3v) is 8.88. The number of amides is 1. The first-order valence-corrected chi connectivity index (χ1v) is 15.2. The van der Waals surface area contributed by atoms with Crippen molar-refractivity contribution in [1.82, 2.24) is 44.2 Å². The normalized spacial score (nSPS) is 18.1. The maximum atomic E-state index is 12.0. The lowest BCUT2D eigenvalue weighted by Crippen LogP contribution is -2.48. The van der Waals surface area contributed by atoms with Crippen LogP contribution in [-0.2, 0) is 17.8 Å². The first-order valence-electron chi connectivity index (χ1n) is 15.2. The Morgan fingerprint density at radius 1 is 0.930 bits per heavy atom. The lowest BCUT2D eigenvalue weighted by molar-refractivity contribution is -0.130. The molecule has 1 aromatic carbocycles. The van der Waals surface area contributed by atoms with Crippen LogP contribution in [0.15, 0.2) is 36.7 Å². The second-order valence-electron chi connectivity index (χ2n) is 12.2. The van der Waals surface area contributed by atoms with Crippen molar-refractivity contribution in [3.8, 4) is 11.4 Å². The van der Waals surface area contributed by atoms with E-state index in [1.54, 1.807) is 4.90 Å². The summed E-state index contributed by atoms with van der Waals surface area (Å²) in [7, 11) is 3.63. The third-order valence-electron chi connectivity index (χ3n) is 8.88. The Labute approximate surface area is 253 Å². The van der Waals surface area contributed by atoms with E-state index in [9.17, 15) is 4.79 Å². The molecule has 226 valence electrons. The van der Waals surface area contributed by atoms with Gasteiger partial charge in [0.05, 0.1) is 24.6 Å². The number of aryl methyl sites for hydroxylation is 3. The van der Waals surface area contributed by atoms with Gasteiger partial charge in [0.1, 0.15) is 5.82 Å². The van der Waals surface area contributed by atoms with E-state index in [1.807, 2.05) is 37.9 Å². The largest absolute Gasteiger partial charge is 0.369 e. The van der Waals surface area contributed by atoms with E-state index >= 15 is 0 Å². The van der Waals surface area contributed by atoms with Crippen LogP contribution in [0, 0.1) is 26.7 Å². The van der Waals surface area contributed by atoms with E-state index in [0.717, 1.165) is 92.9 Å². The molecule has 2 fully saturated rings. The standard InChI is InChI=1S/C32H42N10O/c1-22-29(23(2)42-32(35-22)36-24(3)37-42)16-26-10-11-41(20-26)28-17-33-31(34-18-28)27-8-6-25(7-9-27)19-39-12-14-40(15-13-39)21-30(43)38(4)5/h6-9,17-18,26H,10-16,19-21H2,1-5H3/t26-/m0/s1. The van der Waals surface area contributed by atoms with Gasteiger partial charge in [-0.2, -0.15) is 10.1 Å². The van der Waals surface area contributed by atoms with Gasteiger partial charge >= 0.3 is 0 Å². The Kier molecular flexibility index (Phi) is 8.36. The van der Waals surface area contributed by atoms with Gasteiger partial charge < -0.3 is 9.80 Å². The molecule has 11 nitrogen and oxygen atoms in total. The molecular weight excluding hydrogens is 540 g/mol. The van der Waals surface area contributed by atoms with Crippen molar-refractivity contribution >= 4 is 17.4 Å². The smallest absolute Gasteiger partial charge is 0.252 e. The van der Waals surface area contributed by atoms with Crippen LogP contribution in [-0.4, -0.2) is 110 Å². The van der Waals surface area contributed by atoms with Crippen molar-refractivity contribution in [2.24, 2.45) is 5.92 Å². The van der Waals surface area contributed by atoms with Crippen molar-refractivity contribution in [1.29, 1.82) is 0 Å². The van der Waals surface area contributed by atoms with E-state index in [0.29, 0.717) is 18.2 Å². The zero-order valence-corrected chi connectivity index (χ0v) is 26.0. The van der Waals surface area contributed by atoms with Crippen LogP contribution in [0.25, 0.3) is 17.2 Å². The number of rotatable bonds is 8. The molecule has 4 aromatic rings. The molecule has 2 aliphatic heterocycles.